The summed E-state index contributed by atoms with van der Waals surface area (Å²) in [7, 11) is 1.86. The molecule has 2 aromatic rings. The quantitative estimate of drug-likeness (QED) is 0.801. The zero-order valence-corrected chi connectivity index (χ0v) is 9.23. The third kappa shape index (κ3) is 1.49. The Morgan fingerprint density at radius 2 is 2.20 bits per heavy atom. The normalized spacial score (nSPS) is 10.9. The first-order valence-electron chi connectivity index (χ1n) is 4.95. The maximum atomic E-state index is 5.87. The minimum atomic E-state index is 0.691. The van der Waals surface area contributed by atoms with Crippen LogP contribution in [0.3, 0.4) is 0 Å². The molecule has 2 heterocycles. The van der Waals surface area contributed by atoms with Gasteiger partial charge in [0.1, 0.15) is 5.69 Å². The lowest BCUT2D eigenvalue weighted by Crippen LogP contribution is -1.98. The highest BCUT2D eigenvalue weighted by atomic mass is 15.3. The van der Waals surface area contributed by atoms with Gasteiger partial charge in [0, 0.05) is 31.0 Å². The molecule has 5 nitrogen and oxygen atoms in total. The first-order chi connectivity index (χ1) is 7.13. The summed E-state index contributed by atoms with van der Waals surface area (Å²) in [6.07, 6.45) is 3.62. The van der Waals surface area contributed by atoms with Gasteiger partial charge < -0.3 is 5.73 Å². The van der Waals surface area contributed by atoms with Gasteiger partial charge in [0.05, 0.1) is 11.9 Å². The van der Waals surface area contributed by atoms with Gasteiger partial charge in [-0.05, 0) is 13.8 Å². The number of hydrogen-bond acceptors (Lipinski definition) is 3. The highest BCUT2D eigenvalue weighted by Crippen LogP contribution is 2.26. The van der Waals surface area contributed by atoms with Crippen LogP contribution >= 0.6 is 0 Å². The molecule has 5 heteroatoms. The Morgan fingerprint density at radius 1 is 1.47 bits per heavy atom. The lowest BCUT2D eigenvalue weighted by molar-refractivity contribution is 0.640. The zero-order valence-electron chi connectivity index (χ0n) is 9.23. The van der Waals surface area contributed by atoms with Gasteiger partial charge in [-0.3, -0.25) is 9.36 Å². The Kier molecular flexibility index (Phi) is 2.22. The number of hydrogen-bond donors (Lipinski definition) is 1. The molecule has 0 saturated carbocycles. The lowest BCUT2D eigenvalue weighted by atomic mass is 10.2. The summed E-state index contributed by atoms with van der Waals surface area (Å²) in [5, 5.41) is 8.60. The van der Waals surface area contributed by atoms with E-state index in [-0.39, 0.29) is 0 Å². The molecule has 2 rings (SSSR count). The largest absolute Gasteiger partial charge is 0.396 e. The van der Waals surface area contributed by atoms with Gasteiger partial charge in [-0.25, -0.2) is 0 Å². The summed E-state index contributed by atoms with van der Waals surface area (Å²) in [6, 6.07) is 0. The molecule has 0 aliphatic rings. The zero-order chi connectivity index (χ0) is 11.0. The number of nitrogens with two attached hydrogens (primary N) is 1. The van der Waals surface area contributed by atoms with Gasteiger partial charge in [0.15, 0.2) is 0 Å². The van der Waals surface area contributed by atoms with Crippen LogP contribution in [0.25, 0.3) is 11.3 Å². The predicted octanol–water partition coefficient (Wildman–Crippen LogP) is 1.19. The maximum absolute atomic E-state index is 5.87. The van der Waals surface area contributed by atoms with E-state index >= 15 is 0 Å². The van der Waals surface area contributed by atoms with E-state index < -0.39 is 0 Å². The van der Waals surface area contributed by atoms with Gasteiger partial charge in [-0.15, -0.1) is 0 Å². The molecule has 0 bridgehead atoms. The molecule has 0 spiro atoms. The van der Waals surface area contributed by atoms with Crippen LogP contribution in [-0.4, -0.2) is 19.6 Å². The molecule has 0 saturated heterocycles. The second-order valence-corrected chi connectivity index (χ2v) is 3.57. The summed E-state index contributed by atoms with van der Waals surface area (Å²) < 4.78 is 3.65. The van der Waals surface area contributed by atoms with Crippen molar-refractivity contribution in [2.75, 3.05) is 5.73 Å². The summed E-state index contributed by atoms with van der Waals surface area (Å²) >= 11 is 0. The fourth-order valence-corrected chi connectivity index (χ4v) is 1.71. The molecule has 0 amide bonds. The topological polar surface area (TPSA) is 61.7 Å². The second-order valence-electron chi connectivity index (χ2n) is 3.57. The molecular weight excluding hydrogens is 190 g/mol. The monoisotopic (exact) mass is 205 g/mol. The van der Waals surface area contributed by atoms with Crippen molar-refractivity contribution in [3.63, 3.8) is 0 Å². The van der Waals surface area contributed by atoms with E-state index in [2.05, 4.69) is 17.1 Å². The van der Waals surface area contributed by atoms with E-state index in [0.29, 0.717) is 5.69 Å². The molecular formula is C10H15N5. The standard InChI is InChI=1S/C10H15N5/c1-4-15-7(2)8(5-12-15)10-9(11)6-14(3)13-10/h5-6H,4,11H2,1-3H3. The van der Waals surface area contributed by atoms with Crippen LogP contribution in [-0.2, 0) is 13.6 Å². The molecule has 2 aromatic heterocycles. The molecule has 2 N–H and O–H groups in total. The Bertz CT molecular complexity index is 480. The van der Waals surface area contributed by atoms with Crippen molar-refractivity contribution in [1.82, 2.24) is 19.6 Å². The third-order valence-electron chi connectivity index (χ3n) is 2.51. The number of nitrogens with zero attached hydrogens (tertiary/aromatic N) is 4. The van der Waals surface area contributed by atoms with E-state index in [1.54, 1.807) is 10.9 Å². The average molecular weight is 205 g/mol. The van der Waals surface area contributed by atoms with Crippen molar-refractivity contribution in [2.24, 2.45) is 7.05 Å². The summed E-state index contributed by atoms with van der Waals surface area (Å²) in [5.74, 6) is 0. The maximum Gasteiger partial charge on any atom is 0.119 e. The second kappa shape index (κ2) is 3.42. The average Bonchev–Trinajstić information content (AvgIpc) is 2.69. The van der Waals surface area contributed by atoms with Gasteiger partial charge in [0.25, 0.3) is 0 Å². The molecule has 0 fully saturated rings. The van der Waals surface area contributed by atoms with Crippen LogP contribution in [0.5, 0.6) is 0 Å². The molecule has 0 radical (unpaired) electrons. The Labute approximate surface area is 88.5 Å². The Morgan fingerprint density at radius 3 is 2.67 bits per heavy atom. The number of rotatable bonds is 2. The van der Waals surface area contributed by atoms with Crippen LogP contribution in [0.2, 0.25) is 0 Å². The minimum absolute atomic E-state index is 0.691. The number of anilines is 1. The highest BCUT2D eigenvalue weighted by molar-refractivity contribution is 5.73. The molecule has 0 atom stereocenters. The predicted molar refractivity (Wildman–Crippen MR) is 59.3 cm³/mol. The van der Waals surface area contributed by atoms with Crippen LogP contribution in [0.4, 0.5) is 5.69 Å². The van der Waals surface area contributed by atoms with Crippen LogP contribution in [0.15, 0.2) is 12.4 Å². The first kappa shape index (κ1) is 9.76. The lowest BCUT2D eigenvalue weighted by Gasteiger charge is -2.00. The van der Waals surface area contributed by atoms with Gasteiger partial charge in [-0.2, -0.15) is 10.2 Å². The minimum Gasteiger partial charge on any atom is -0.396 e. The summed E-state index contributed by atoms with van der Waals surface area (Å²) in [4.78, 5) is 0. The number of aromatic nitrogens is 4. The number of aryl methyl sites for hydroxylation is 2. The molecule has 15 heavy (non-hydrogen) atoms. The van der Waals surface area contributed by atoms with E-state index in [0.717, 1.165) is 23.5 Å². The molecule has 0 aliphatic carbocycles. The van der Waals surface area contributed by atoms with Gasteiger partial charge in [-0.1, -0.05) is 0 Å². The van der Waals surface area contributed by atoms with E-state index in [9.17, 15) is 0 Å². The highest BCUT2D eigenvalue weighted by Gasteiger charge is 2.13. The first-order valence-corrected chi connectivity index (χ1v) is 4.95. The smallest absolute Gasteiger partial charge is 0.119 e. The van der Waals surface area contributed by atoms with Crippen molar-refractivity contribution < 1.29 is 0 Å². The van der Waals surface area contributed by atoms with Crippen LogP contribution < -0.4 is 5.73 Å². The van der Waals surface area contributed by atoms with Crippen molar-refractivity contribution in [3.05, 3.63) is 18.1 Å². The van der Waals surface area contributed by atoms with Crippen LogP contribution in [0, 0.1) is 6.92 Å². The molecule has 0 unspecified atom stereocenters. The van der Waals surface area contributed by atoms with Crippen LogP contribution in [0.1, 0.15) is 12.6 Å². The Hall–Kier alpha value is -1.78. The van der Waals surface area contributed by atoms with Gasteiger partial charge >= 0.3 is 0 Å². The van der Waals surface area contributed by atoms with Crippen molar-refractivity contribution in [3.8, 4) is 11.3 Å². The molecule has 0 aliphatic heterocycles. The van der Waals surface area contributed by atoms with Crippen molar-refractivity contribution in [2.45, 2.75) is 20.4 Å². The fraction of sp³-hybridized carbons (Fsp3) is 0.400. The Balaban J connectivity index is 2.54. The van der Waals surface area contributed by atoms with E-state index in [4.69, 9.17) is 5.73 Å². The van der Waals surface area contributed by atoms with Crippen molar-refractivity contribution in [1.29, 1.82) is 0 Å². The van der Waals surface area contributed by atoms with E-state index in [1.807, 2.05) is 24.9 Å². The third-order valence-corrected chi connectivity index (χ3v) is 2.51. The number of nitrogen functional groups attached to an aromatic ring is 1. The molecule has 0 aromatic carbocycles. The van der Waals surface area contributed by atoms with Crippen molar-refractivity contribution >= 4 is 5.69 Å². The SMILES string of the molecule is CCn1ncc(-c2nn(C)cc2N)c1C. The fourth-order valence-electron chi connectivity index (χ4n) is 1.71. The summed E-state index contributed by atoms with van der Waals surface area (Å²) in [6.45, 7) is 4.95. The van der Waals surface area contributed by atoms with Gasteiger partial charge in [0.2, 0.25) is 0 Å². The summed E-state index contributed by atoms with van der Waals surface area (Å²) in [5.41, 5.74) is 9.49. The van der Waals surface area contributed by atoms with E-state index in [1.165, 1.54) is 0 Å². The molecule has 80 valence electrons.